The number of piperidine rings is 1. The van der Waals surface area contributed by atoms with Crippen molar-refractivity contribution in [2.75, 3.05) is 26.2 Å². The van der Waals surface area contributed by atoms with Crippen molar-refractivity contribution < 1.29 is 4.79 Å². The number of nitrogens with zero attached hydrogens (tertiary/aromatic N) is 3. The highest BCUT2D eigenvalue weighted by atomic mass is 79.9. The maximum Gasteiger partial charge on any atom is 0.275 e. The number of hydrogen-bond donors (Lipinski definition) is 1. The first-order chi connectivity index (χ1) is 11.1. The summed E-state index contributed by atoms with van der Waals surface area (Å²) < 4.78 is 0.834. The number of amides is 1. The van der Waals surface area contributed by atoms with E-state index >= 15 is 0 Å². The number of aromatic nitrogens is 2. The van der Waals surface area contributed by atoms with E-state index in [9.17, 15) is 4.79 Å². The molecule has 2 aliphatic rings. The Balaban J connectivity index is 1.70. The van der Waals surface area contributed by atoms with E-state index in [0.29, 0.717) is 17.7 Å². The van der Waals surface area contributed by atoms with E-state index in [1.54, 1.807) is 0 Å². The molecule has 0 saturated carbocycles. The average molecular weight is 383 g/mol. The molecule has 0 aromatic carbocycles. The van der Waals surface area contributed by atoms with Crippen LogP contribution in [0.3, 0.4) is 0 Å². The number of halogens is 1. The highest BCUT2D eigenvalue weighted by Gasteiger charge is 2.33. The first-order valence-corrected chi connectivity index (χ1v) is 9.64. The predicted octanol–water partition coefficient (Wildman–Crippen LogP) is 3.39. The van der Waals surface area contributed by atoms with Gasteiger partial charge in [0.15, 0.2) is 5.69 Å². The summed E-state index contributed by atoms with van der Waals surface area (Å²) in [4.78, 5) is 17.5. The minimum Gasteiger partial charge on any atom is -0.333 e. The molecule has 1 aromatic heterocycles. The molecule has 0 spiro atoms. The van der Waals surface area contributed by atoms with Crippen LogP contribution in [-0.2, 0) is 0 Å². The zero-order valence-electron chi connectivity index (χ0n) is 14.1. The van der Waals surface area contributed by atoms with E-state index in [4.69, 9.17) is 0 Å². The van der Waals surface area contributed by atoms with E-state index in [0.717, 1.165) is 36.1 Å². The summed E-state index contributed by atoms with van der Waals surface area (Å²) >= 11 is 3.57. The Morgan fingerprint density at radius 1 is 1.26 bits per heavy atom. The first kappa shape index (κ1) is 17.0. The molecular formula is C17H27BrN4O. The average Bonchev–Trinajstić information content (AvgIpc) is 3.14. The van der Waals surface area contributed by atoms with Gasteiger partial charge in [0.05, 0.1) is 10.2 Å². The summed E-state index contributed by atoms with van der Waals surface area (Å²) in [6.07, 6.45) is 6.15. The van der Waals surface area contributed by atoms with Gasteiger partial charge in [-0.05, 0) is 60.6 Å². The second-order valence-corrected chi connectivity index (χ2v) is 7.90. The molecule has 6 heteroatoms. The van der Waals surface area contributed by atoms with Crippen LogP contribution in [0.5, 0.6) is 0 Å². The van der Waals surface area contributed by atoms with Gasteiger partial charge in [-0.2, -0.15) is 5.10 Å². The predicted molar refractivity (Wildman–Crippen MR) is 94.7 cm³/mol. The van der Waals surface area contributed by atoms with Crippen molar-refractivity contribution in [3.8, 4) is 0 Å². The van der Waals surface area contributed by atoms with Crippen LogP contribution < -0.4 is 0 Å². The third-order valence-electron chi connectivity index (χ3n) is 5.07. The van der Waals surface area contributed by atoms with E-state index in [1.165, 1.54) is 32.4 Å². The van der Waals surface area contributed by atoms with Gasteiger partial charge >= 0.3 is 0 Å². The molecule has 0 bridgehead atoms. The van der Waals surface area contributed by atoms with Crippen molar-refractivity contribution in [2.24, 2.45) is 0 Å². The van der Waals surface area contributed by atoms with Gasteiger partial charge in [0.2, 0.25) is 0 Å². The van der Waals surface area contributed by atoms with Crippen molar-refractivity contribution in [2.45, 2.75) is 57.9 Å². The monoisotopic (exact) mass is 382 g/mol. The lowest BCUT2D eigenvalue weighted by Crippen LogP contribution is -2.44. The van der Waals surface area contributed by atoms with Crippen molar-refractivity contribution in [3.05, 3.63) is 15.9 Å². The van der Waals surface area contributed by atoms with Gasteiger partial charge in [0.25, 0.3) is 5.91 Å². The summed E-state index contributed by atoms with van der Waals surface area (Å²) in [6, 6.07) is 0.340. The molecule has 1 unspecified atom stereocenters. The Bertz CT molecular complexity index is 551. The largest absolute Gasteiger partial charge is 0.333 e. The number of carbonyl (C=O) groups excluding carboxylic acids is 1. The Hall–Kier alpha value is -0.880. The Morgan fingerprint density at radius 3 is 2.65 bits per heavy atom. The number of hydrogen-bond acceptors (Lipinski definition) is 3. The second kappa shape index (κ2) is 7.34. The van der Waals surface area contributed by atoms with Gasteiger partial charge in [-0.15, -0.1) is 0 Å². The molecular weight excluding hydrogens is 356 g/mol. The molecule has 1 aromatic rings. The number of rotatable bonds is 4. The Labute approximate surface area is 146 Å². The molecule has 3 heterocycles. The minimum absolute atomic E-state index is 0.0690. The van der Waals surface area contributed by atoms with Crippen LogP contribution >= 0.6 is 15.9 Å². The summed E-state index contributed by atoms with van der Waals surface area (Å²) in [5.41, 5.74) is 1.54. The standard InChI is InChI=1S/C17H27BrN4O/c1-12(2)15-14(18)16(20-19-15)17(23)22-10-6-7-13(22)11-21-8-4-3-5-9-21/h12-13H,3-11H2,1-2H3,(H,19,20). The van der Waals surface area contributed by atoms with Crippen LogP contribution in [0.1, 0.15) is 68.1 Å². The van der Waals surface area contributed by atoms with Crippen molar-refractivity contribution in [3.63, 3.8) is 0 Å². The van der Waals surface area contributed by atoms with Crippen LogP contribution in [0, 0.1) is 0 Å². The van der Waals surface area contributed by atoms with Crippen molar-refractivity contribution >= 4 is 21.8 Å². The highest BCUT2D eigenvalue weighted by Crippen LogP contribution is 2.29. The fourth-order valence-electron chi connectivity index (χ4n) is 3.74. The zero-order chi connectivity index (χ0) is 16.4. The molecule has 2 fully saturated rings. The third-order valence-corrected chi connectivity index (χ3v) is 5.87. The number of aromatic amines is 1. The summed E-state index contributed by atoms with van der Waals surface area (Å²) in [5.74, 6) is 0.390. The van der Waals surface area contributed by atoms with Gasteiger partial charge in [-0.25, -0.2) is 0 Å². The van der Waals surface area contributed by atoms with Crippen LogP contribution in [0.4, 0.5) is 0 Å². The Kier molecular flexibility index (Phi) is 5.42. The van der Waals surface area contributed by atoms with Crippen molar-refractivity contribution in [1.82, 2.24) is 20.0 Å². The van der Waals surface area contributed by atoms with E-state index < -0.39 is 0 Å². The number of carbonyl (C=O) groups is 1. The topological polar surface area (TPSA) is 52.2 Å². The molecule has 5 nitrogen and oxygen atoms in total. The fourth-order valence-corrected chi connectivity index (χ4v) is 4.54. The second-order valence-electron chi connectivity index (χ2n) is 7.11. The first-order valence-electron chi connectivity index (χ1n) is 8.85. The quantitative estimate of drug-likeness (QED) is 0.867. The highest BCUT2D eigenvalue weighted by molar-refractivity contribution is 9.10. The normalized spacial score (nSPS) is 23.0. The third kappa shape index (κ3) is 3.63. The van der Waals surface area contributed by atoms with Gasteiger partial charge < -0.3 is 9.80 Å². The molecule has 1 N–H and O–H groups in total. The van der Waals surface area contributed by atoms with E-state index in [1.807, 2.05) is 4.90 Å². The summed E-state index contributed by atoms with van der Waals surface area (Å²) in [5, 5.41) is 7.31. The summed E-state index contributed by atoms with van der Waals surface area (Å²) in [7, 11) is 0. The van der Waals surface area contributed by atoms with Crippen LogP contribution in [0.2, 0.25) is 0 Å². The van der Waals surface area contributed by atoms with E-state index in [-0.39, 0.29) is 5.91 Å². The molecule has 1 amide bonds. The fraction of sp³-hybridized carbons (Fsp3) is 0.765. The molecule has 3 rings (SSSR count). The minimum atomic E-state index is 0.0690. The number of nitrogens with one attached hydrogen (secondary N) is 1. The smallest absolute Gasteiger partial charge is 0.275 e. The van der Waals surface area contributed by atoms with Crippen molar-refractivity contribution in [1.29, 1.82) is 0 Å². The molecule has 2 saturated heterocycles. The lowest BCUT2D eigenvalue weighted by atomic mass is 10.1. The molecule has 23 heavy (non-hydrogen) atoms. The zero-order valence-corrected chi connectivity index (χ0v) is 15.7. The van der Waals surface area contributed by atoms with Crippen LogP contribution in [-0.4, -0.2) is 58.1 Å². The number of H-pyrrole nitrogens is 1. The molecule has 128 valence electrons. The lowest BCUT2D eigenvalue weighted by molar-refractivity contribution is 0.0683. The Morgan fingerprint density at radius 2 is 2.00 bits per heavy atom. The van der Waals surface area contributed by atoms with Gasteiger partial charge in [0.1, 0.15) is 0 Å². The van der Waals surface area contributed by atoms with Crippen LogP contribution in [0.15, 0.2) is 4.47 Å². The lowest BCUT2D eigenvalue weighted by Gasteiger charge is -2.32. The molecule has 2 aliphatic heterocycles. The van der Waals surface area contributed by atoms with Gasteiger partial charge in [-0.1, -0.05) is 20.3 Å². The number of likely N-dealkylation sites (tertiary alicyclic amines) is 2. The molecule has 1 atom stereocenters. The maximum atomic E-state index is 13.0. The van der Waals surface area contributed by atoms with Gasteiger partial charge in [-0.3, -0.25) is 9.89 Å². The SMILES string of the molecule is CC(C)c1[nH]nc(C(=O)N2CCCC2CN2CCCCC2)c1Br. The summed E-state index contributed by atoms with van der Waals surface area (Å²) in [6.45, 7) is 8.44. The van der Waals surface area contributed by atoms with Crippen LogP contribution in [0.25, 0.3) is 0 Å². The van der Waals surface area contributed by atoms with E-state index in [2.05, 4.69) is 44.9 Å². The molecule has 0 radical (unpaired) electrons. The maximum absolute atomic E-state index is 13.0. The molecule has 0 aliphatic carbocycles. The van der Waals surface area contributed by atoms with Gasteiger partial charge in [0, 0.05) is 19.1 Å².